The molecule has 1 aromatic carbocycles. The van der Waals surface area contributed by atoms with Crippen molar-refractivity contribution in [2.24, 2.45) is 5.14 Å². The van der Waals surface area contributed by atoms with Gasteiger partial charge in [-0.15, -0.1) is 0 Å². The molecule has 1 aliphatic rings. The summed E-state index contributed by atoms with van der Waals surface area (Å²) in [5.41, 5.74) is 2.35. The first-order valence-corrected chi connectivity index (χ1v) is 5.44. The van der Waals surface area contributed by atoms with Gasteiger partial charge in [0.25, 0.3) is 0 Å². The van der Waals surface area contributed by atoms with E-state index in [2.05, 4.69) is 12.2 Å². The van der Waals surface area contributed by atoms with E-state index in [1.165, 1.54) is 5.56 Å². The molecule has 0 amide bonds. The van der Waals surface area contributed by atoms with E-state index in [1.54, 1.807) is 0 Å². The Kier molecular flexibility index (Phi) is 2.09. The summed E-state index contributed by atoms with van der Waals surface area (Å²) in [5, 5.41) is 8.59. The first-order valence-electron chi connectivity index (χ1n) is 4.22. The predicted octanol–water partition coefficient (Wildman–Crippen LogP) is 1.02. The zero-order valence-corrected chi connectivity index (χ0v) is 8.23. The van der Waals surface area contributed by atoms with Crippen LogP contribution in [0.15, 0.2) is 23.1 Å². The van der Waals surface area contributed by atoms with Crippen molar-refractivity contribution >= 4 is 16.7 Å². The van der Waals surface area contributed by atoms with Crippen molar-refractivity contribution in [3.8, 4) is 0 Å². The van der Waals surface area contributed by atoms with Crippen LogP contribution in [0.5, 0.6) is 0 Å². The van der Waals surface area contributed by atoms with E-state index in [9.17, 15) is 4.21 Å². The van der Waals surface area contributed by atoms with Crippen LogP contribution in [0.1, 0.15) is 12.5 Å². The highest BCUT2D eigenvalue weighted by Crippen LogP contribution is 2.27. The first kappa shape index (κ1) is 8.72. The summed E-state index contributed by atoms with van der Waals surface area (Å²) in [6, 6.07) is 6.16. The second-order valence-corrected chi connectivity index (χ2v) is 4.43. The summed E-state index contributed by atoms with van der Waals surface area (Å²) < 4.78 is 11.0. The van der Waals surface area contributed by atoms with Crippen molar-refractivity contribution in [2.45, 2.75) is 24.3 Å². The predicted molar refractivity (Wildman–Crippen MR) is 53.8 cm³/mol. The zero-order valence-electron chi connectivity index (χ0n) is 7.41. The SMILES string of the molecule is CC1Cc2ccc(S(N)=O)cc2N1. The van der Waals surface area contributed by atoms with E-state index in [4.69, 9.17) is 5.14 Å². The smallest absolute Gasteiger partial charge is 0.122 e. The largest absolute Gasteiger partial charge is 0.382 e. The molecule has 2 rings (SSSR count). The molecule has 0 bridgehead atoms. The molecular formula is C9H12N2OS. The third-order valence-corrected chi connectivity index (χ3v) is 2.96. The number of fused-ring (bicyclic) bond motifs is 1. The van der Waals surface area contributed by atoms with Crippen LogP contribution in [0, 0.1) is 0 Å². The average molecular weight is 196 g/mol. The molecule has 70 valence electrons. The molecule has 0 aromatic heterocycles. The molecule has 1 aliphatic heterocycles. The summed E-state index contributed by atoms with van der Waals surface area (Å²) in [5.74, 6) is 0. The minimum absolute atomic E-state index is 0.469. The van der Waals surface area contributed by atoms with Crippen molar-refractivity contribution in [3.05, 3.63) is 23.8 Å². The number of hydrogen-bond donors (Lipinski definition) is 2. The topological polar surface area (TPSA) is 55.1 Å². The van der Waals surface area contributed by atoms with Crippen LogP contribution in [0.25, 0.3) is 0 Å². The summed E-state index contributed by atoms with van der Waals surface area (Å²) in [7, 11) is -1.37. The Morgan fingerprint density at radius 2 is 2.38 bits per heavy atom. The van der Waals surface area contributed by atoms with Crippen LogP contribution < -0.4 is 10.5 Å². The molecule has 13 heavy (non-hydrogen) atoms. The van der Waals surface area contributed by atoms with Gasteiger partial charge < -0.3 is 5.32 Å². The molecule has 0 saturated carbocycles. The number of hydrogen-bond acceptors (Lipinski definition) is 2. The maximum Gasteiger partial charge on any atom is 0.122 e. The summed E-state index contributed by atoms with van der Waals surface area (Å²) >= 11 is 0. The molecule has 0 saturated heterocycles. The lowest BCUT2D eigenvalue weighted by atomic mass is 10.1. The Balaban J connectivity index is 2.40. The van der Waals surface area contributed by atoms with Crippen LogP contribution in [0.4, 0.5) is 5.69 Å². The number of nitrogens with one attached hydrogen (secondary N) is 1. The Labute approximate surface area is 79.9 Å². The lowest BCUT2D eigenvalue weighted by molar-refractivity contribution is 0.684. The van der Waals surface area contributed by atoms with Crippen LogP contribution in [0.3, 0.4) is 0 Å². The maximum atomic E-state index is 11.0. The van der Waals surface area contributed by atoms with Crippen LogP contribution in [-0.4, -0.2) is 10.3 Å². The molecule has 2 atom stereocenters. The highest BCUT2D eigenvalue weighted by Gasteiger charge is 2.16. The maximum absolute atomic E-state index is 11.0. The van der Waals surface area contributed by atoms with Gasteiger partial charge in [0.05, 0.1) is 4.90 Å². The standard InChI is InChI=1S/C9H12N2OS/c1-6-4-7-2-3-8(13(10)12)5-9(7)11-6/h2-3,5-6,11H,4,10H2,1H3. The van der Waals surface area contributed by atoms with E-state index in [1.807, 2.05) is 18.2 Å². The van der Waals surface area contributed by atoms with Crippen molar-refractivity contribution < 1.29 is 4.21 Å². The molecule has 1 aromatic rings. The highest BCUT2D eigenvalue weighted by atomic mass is 32.2. The molecule has 4 heteroatoms. The zero-order chi connectivity index (χ0) is 9.42. The Morgan fingerprint density at radius 3 is 3.08 bits per heavy atom. The third-order valence-electron chi connectivity index (χ3n) is 2.24. The second kappa shape index (κ2) is 3.12. The number of anilines is 1. The quantitative estimate of drug-likeness (QED) is 0.704. The van der Waals surface area contributed by atoms with Gasteiger partial charge in [-0.3, -0.25) is 0 Å². The van der Waals surface area contributed by atoms with Crippen molar-refractivity contribution in [1.29, 1.82) is 0 Å². The van der Waals surface area contributed by atoms with Gasteiger partial charge >= 0.3 is 0 Å². The van der Waals surface area contributed by atoms with Gasteiger partial charge in [-0.05, 0) is 31.0 Å². The average Bonchev–Trinajstić information content (AvgIpc) is 2.42. The monoisotopic (exact) mass is 196 g/mol. The first-order chi connectivity index (χ1) is 6.16. The molecule has 0 spiro atoms. The lowest BCUT2D eigenvalue weighted by Crippen LogP contribution is -2.08. The van der Waals surface area contributed by atoms with Gasteiger partial charge in [0.15, 0.2) is 0 Å². The number of rotatable bonds is 1. The van der Waals surface area contributed by atoms with Crippen molar-refractivity contribution in [3.63, 3.8) is 0 Å². The minimum Gasteiger partial charge on any atom is -0.382 e. The van der Waals surface area contributed by atoms with E-state index < -0.39 is 11.0 Å². The van der Waals surface area contributed by atoms with Crippen LogP contribution in [-0.2, 0) is 17.4 Å². The molecule has 2 unspecified atom stereocenters. The molecule has 1 heterocycles. The van der Waals surface area contributed by atoms with Crippen LogP contribution >= 0.6 is 0 Å². The van der Waals surface area contributed by atoms with Gasteiger partial charge in [-0.25, -0.2) is 9.35 Å². The molecule has 3 N–H and O–H groups in total. The van der Waals surface area contributed by atoms with Gasteiger partial charge in [0.1, 0.15) is 11.0 Å². The Hall–Kier alpha value is -0.870. The molecule has 0 aliphatic carbocycles. The Bertz CT molecular complexity index is 365. The van der Waals surface area contributed by atoms with Gasteiger partial charge in [-0.2, -0.15) is 0 Å². The Morgan fingerprint density at radius 1 is 1.62 bits per heavy atom. The fraction of sp³-hybridized carbons (Fsp3) is 0.333. The summed E-state index contributed by atoms with van der Waals surface area (Å²) in [6.07, 6.45) is 1.03. The van der Waals surface area contributed by atoms with E-state index in [0.717, 1.165) is 12.1 Å². The highest BCUT2D eigenvalue weighted by molar-refractivity contribution is 7.82. The van der Waals surface area contributed by atoms with E-state index in [0.29, 0.717) is 10.9 Å². The van der Waals surface area contributed by atoms with E-state index in [-0.39, 0.29) is 0 Å². The summed E-state index contributed by atoms with van der Waals surface area (Å²) in [4.78, 5) is 0.681. The van der Waals surface area contributed by atoms with Crippen molar-refractivity contribution in [2.75, 3.05) is 5.32 Å². The molecule has 3 nitrogen and oxygen atoms in total. The fourth-order valence-electron chi connectivity index (χ4n) is 1.64. The molecular weight excluding hydrogens is 184 g/mol. The second-order valence-electron chi connectivity index (χ2n) is 3.37. The van der Waals surface area contributed by atoms with Crippen LogP contribution in [0.2, 0.25) is 0 Å². The van der Waals surface area contributed by atoms with Gasteiger partial charge in [0.2, 0.25) is 0 Å². The fourth-order valence-corrected chi connectivity index (χ4v) is 2.08. The lowest BCUT2D eigenvalue weighted by Gasteiger charge is -2.03. The molecule has 0 radical (unpaired) electrons. The molecule has 0 fully saturated rings. The normalized spacial score (nSPS) is 22.2. The van der Waals surface area contributed by atoms with Crippen molar-refractivity contribution in [1.82, 2.24) is 0 Å². The van der Waals surface area contributed by atoms with Gasteiger partial charge in [0, 0.05) is 11.7 Å². The minimum atomic E-state index is -1.37. The number of nitrogens with two attached hydrogens (primary N) is 1. The summed E-state index contributed by atoms with van der Waals surface area (Å²) in [6.45, 7) is 2.12. The van der Waals surface area contributed by atoms with E-state index >= 15 is 0 Å². The van der Waals surface area contributed by atoms with Gasteiger partial charge in [-0.1, -0.05) is 6.07 Å². The number of benzene rings is 1. The third kappa shape index (κ3) is 1.59.